The number of ether oxygens (including phenoxy) is 2. The molecule has 1 aromatic rings. The SMILES string of the molecule is COc1ccc(OCC=C(C)C(=O)O)cc1. The van der Waals surface area contributed by atoms with Gasteiger partial charge in [0.05, 0.1) is 7.11 Å². The molecule has 0 aliphatic rings. The van der Waals surface area contributed by atoms with E-state index < -0.39 is 5.97 Å². The summed E-state index contributed by atoms with van der Waals surface area (Å²) in [4.78, 5) is 10.5. The lowest BCUT2D eigenvalue weighted by atomic mass is 10.3. The summed E-state index contributed by atoms with van der Waals surface area (Å²) < 4.78 is 10.3. The third kappa shape index (κ3) is 3.65. The summed E-state index contributed by atoms with van der Waals surface area (Å²) in [7, 11) is 1.59. The molecule has 4 heteroatoms. The molecule has 0 fully saturated rings. The van der Waals surface area contributed by atoms with Gasteiger partial charge in [0.15, 0.2) is 0 Å². The van der Waals surface area contributed by atoms with Crippen molar-refractivity contribution in [3.8, 4) is 11.5 Å². The van der Waals surface area contributed by atoms with Crippen LogP contribution in [0.15, 0.2) is 35.9 Å². The largest absolute Gasteiger partial charge is 0.497 e. The summed E-state index contributed by atoms with van der Waals surface area (Å²) in [5, 5.41) is 8.61. The number of hydrogen-bond acceptors (Lipinski definition) is 3. The van der Waals surface area contributed by atoms with Crippen LogP contribution in [0.1, 0.15) is 6.92 Å². The van der Waals surface area contributed by atoms with Crippen LogP contribution in [0.25, 0.3) is 0 Å². The van der Waals surface area contributed by atoms with Crippen molar-refractivity contribution in [2.24, 2.45) is 0 Å². The van der Waals surface area contributed by atoms with Gasteiger partial charge in [-0.1, -0.05) is 0 Å². The average Bonchev–Trinajstić information content (AvgIpc) is 2.29. The van der Waals surface area contributed by atoms with Crippen LogP contribution >= 0.6 is 0 Å². The molecular formula is C12H14O4. The molecule has 0 aliphatic carbocycles. The molecule has 0 heterocycles. The topological polar surface area (TPSA) is 55.8 Å². The highest BCUT2D eigenvalue weighted by Gasteiger charge is 1.98. The number of benzene rings is 1. The first-order valence-electron chi connectivity index (χ1n) is 4.80. The second-order valence-corrected chi connectivity index (χ2v) is 3.18. The molecule has 1 aromatic carbocycles. The Balaban J connectivity index is 2.49. The van der Waals surface area contributed by atoms with Gasteiger partial charge in [-0.05, 0) is 37.3 Å². The van der Waals surface area contributed by atoms with Gasteiger partial charge in [-0.3, -0.25) is 0 Å². The Morgan fingerprint density at radius 1 is 1.31 bits per heavy atom. The second kappa shape index (κ2) is 5.80. The summed E-state index contributed by atoms with van der Waals surface area (Å²) in [5.41, 5.74) is 0.272. The molecule has 0 amide bonds. The number of aliphatic carboxylic acids is 1. The molecule has 1 rings (SSSR count). The first-order chi connectivity index (χ1) is 7.63. The maximum absolute atomic E-state index is 10.5. The summed E-state index contributed by atoms with van der Waals surface area (Å²) in [6.45, 7) is 1.77. The fourth-order valence-electron chi connectivity index (χ4n) is 1.02. The Labute approximate surface area is 94.1 Å². The first-order valence-corrected chi connectivity index (χ1v) is 4.80. The molecule has 4 nitrogen and oxygen atoms in total. The van der Waals surface area contributed by atoms with Crippen LogP contribution in [0, 0.1) is 0 Å². The normalized spacial score (nSPS) is 11.0. The third-order valence-electron chi connectivity index (χ3n) is 2.04. The highest BCUT2D eigenvalue weighted by atomic mass is 16.5. The minimum atomic E-state index is -0.932. The number of carboxylic acid groups (broad SMARTS) is 1. The van der Waals surface area contributed by atoms with E-state index in [2.05, 4.69) is 0 Å². The van der Waals surface area contributed by atoms with Gasteiger partial charge < -0.3 is 14.6 Å². The zero-order chi connectivity index (χ0) is 12.0. The molecule has 0 saturated heterocycles. The summed E-state index contributed by atoms with van der Waals surface area (Å²) in [6.07, 6.45) is 1.52. The van der Waals surface area contributed by atoms with Crippen LogP contribution < -0.4 is 9.47 Å². The van der Waals surface area contributed by atoms with Crippen molar-refractivity contribution in [2.45, 2.75) is 6.92 Å². The van der Waals surface area contributed by atoms with Crippen LogP contribution in [-0.4, -0.2) is 24.8 Å². The van der Waals surface area contributed by atoms with E-state index in [1.807, 2.05) is 0 Å². The highest BCUT2D eigenvalue weighted by Crippen LogP contribution is 2.16. The molecule has 1 N–H and O–H groups in total. The second-order valence-electron chi connectivity index (χ2n) is 3.18. The van der Waals surface area contributed by atoms with Gasteiger partial charge in [0.1, 0.15) is 18.1 Å². The lowest BCUT2D eigenvalue weighted by Crippen LogP contribution is -2.00. The lowest BCUT2D eigenvalue weighted by Gasteiger charge is -2.04. The van der Waals surface area contributed by atoms with E-state index in [1.165, 1.54) is 13.0 Å². The molecule has 0 atom stereocenters. The average molecular weight is 222 g/mol. The molecule has 0 aliphatic heterocycles. The molecule has 0 unspecified atom stereocenters. The molecule has 16 heavy (non-hydrogen) atoms. The first kappa shape index (κ1) is 12.1. The number of rotatable bonds is 5. The number of carboxylic acids is 1. The predicted octanol–water partition coefficient (Wildman–Crippen LogP) is 2.10. The smallest absolute Gasteiger partial charge is 0.331 e. The van der Waals surface area contributed by atoms with E-state index in [0.29, 0.717) is 5.75 Å². The quantitative estimate of drug-likeness (QED) is 0.775. The van der Waals surface area contributed by atoms with Gasteiger partial charge in [-0.2, -0.15) is 0 Å². The fraction of sp³-hybridized carbons (Fsp3) is 0.250. The third-order valence-corrected chi connectivity index (χ3v) is 2.04. The molecular weight excluding hydrogens is 208 g/mol. The van der Waals surface area contributed by atoms with Crippen LogP contribution in [0.2, 0.25) is 0 Å². The summed E-state index contributed by atoms with van der Waals surface area (Å²) in [5.74, 6) is 0.498. The van der Waals surface area contributed by atoms with Gasteiger partial charge in [0.25, 0.3) is 0 Å². The maximum Gasteiger partial charge on any atom is 0.331 e. The van der Waals surface area contributed by atoms with Crippen molar-refractivity contribution >= 4 is 5.97 Å². The maximum atomic E-state index is 10.5. The lowest BCUT2D eigenvalue weighted by molar-refractivity contribution is -0.132. The molecule has 0 radical (unpaired) electrons. The van der Waals surface area contributed by atoms with Gasteiger partial charge in [0, 0.05) is 5.57 Å². The van der Waals surface area contributed by atoms with Gasteiger partial charge >= 0.3 is 5.97 Å². The van der Waals surface area contributed by atoms with E-state index in [-0.39, 0.29) is 12.2 Å². The van der Waals surface area contributed by atoms with Gasteiger partial charge in [0.2, 0.25) is 0 Å². The predicted molar refractivity (Wildman–Crippen MR) is 59.9 cm³/mol. The van der Waals surface area contributed by atoms with Crippen LogP contribution in [0.5, 0.6) is 11.5 Å². The summed E-state index contributed by atoms with van der Waals surface area (Å²) >= 11 is 0. The van der Waals surface area contributed by atoms with Crippen molar-refractivity contribution in [2.75, 3.05) is 13.7 Å². The Bertz CT molecular complexity index is 379. The minimum Gasteiger partial charge on any atom is -0.497 e. The minimum absolute atomic E-state index is 0.241. The molecule has 0 aromatic heterocycles. The van der Waals surface area contributed by atoms with Crippen molar-refractivity contribution < 1.29 is 19.4 Å². The summed E-state index contributed by atoms with van der Waals surface area (Å²) in [6, 6.07) is 7.09. The molecule has 0 spiro atoms. The van der Waals surface area contributed by atoms with Gasteiger partial charge in [-0.15, -0.1) is 0 Å². The zero-order valence-electron chi connectivity index (χ0n) is 9.27. The van der Waals surface area contributed by atoms with Crippen molar-refractivity contribution in [3.05, 3.63) is 35.9 Å². The highest BCUT2D eigenvalue weighted by molar-refractivity contribution is 5.85. The van der Waals surface area contributed by atoms with E-state index in [9.17, 15) is 4.79 Å². The fourth-order valence-corrected chi connectivity index (χ4v) is 1.02. The molecule has 86 valence electrons. The number of hydrogen-bond donors (Lipinski definition) is 1. The van der Waals surface area contributed by atoms with E-state index >= 15 is 0 Å². The number of carbonyl (C=O) groups is 1. The monoisotopic (exact) mass is 222 g/mol. The van der Waals surface area contributed by atoms with Crippen molar-refractivity contribution in [1.82, 2.24) is 0 Å². The number of methoxy groups -OCH3 is 1. The Hall–Kier alpha value is -1.97. The Morgan fingerprint density at radius 3 is 2.38 bits per heavy atom. The Morgan fingerprint density at radius 2 is 1.88 bits per heavy atom. The Kier molecular flexibility index (Phi) is 4.39. The standard InChI is InChI=1S/C12H14O4/c1-9(12(13)14)7-8-16-11-5-3-10(15-2)4-6-11/h3-7H,8H2,1-2H3,(H,13,14). The van der Waals surface area contributed by atoms with Crippen LogP contribution in [-0.2, 0) is 4.79 Å². The van der Waals surface area contributed by atoms with E-state index in [1.54, 1.807) is 31.4 Å². The van der Waals surface area contributed by atoms with Crippen molar-refractivity contribution in [3.63, 3.8) is 0 Å². The van der Waals surface area contributed by atoms with E-state index in [0.717, 1.165) is 5.75 Å². The molecule has 0 bridgehead atoms. The van der Waals surface area contributed by atoms with Crippen LogP contribution in [0.4, 0.5) is 0 Å². The van der Waals surface area contributed by atoms with Crippen LogP contribution in [0.3, 0.4) is 0 Å². The van der Waals surface area contributed by atoms with Crippen molar-refractivity contribution in [1.29, 1.82) is 0 Å². The van der Waals surface area contributed by atoms with E-state index in [4.69, 9.17) is 14.6 Å². The molecule has 0 saturated carbocycles. The zero-order valence-corrected chi connectivity index (χ0v) is 9.27. The van der Waals surface area contributed by atoms with Gasteiger partial charge in [-0.25, -0.2) is 4.79 Å².